The summed E-state index contributed by atoms with van der Waals surface area (Å²) in [5.74, 6) is 1.37. The van der Waals surface area contributed by atoms with Crippen LogP contribution in [0.4, 0.5) is 4.39 Å². The van der Waals surface area contributed by atoms with Gasteiger partial charge in [0.1, 0.15) is 22.8 Å². The van der Waals surface area contributed by atoms with Gasteiger partial charge >= 0.3 is 0 Å². The second kappa shape index (κ2) is 8.04. The highest BCUT2D eigenvalue weighted by Crippen LogP contribution is 2.33. The number of ether oxygens (including phenoxy) is 1. The van der Waals surface area contributed by atoms with Crippen molar-refractivity contribution in [1.29, 1.82) is 0 Å². The molecule has 1 saturated carbocycles. The molecule has 1 aliphatic carbocycles. The van der Waals surface area contributed by atoms with Crippen LogP contribution in [0.15, 0.2) is 42.6 Å². The van der Waals surface area contributed by atoms with Crippen LogP contribution in [0.1, 0.15) is 37.8 Å². The number of benzene rings is 1. The molecule has 3 aromatic heterocycles. The number of fused-ring (bicyclic) bond motifs is 2. The van der Waals surface area contributed by atoms with Gasteiger partial charge in [0, 0.05) is 42.8 Å². The molecule has 6 rings (SSSR count). The van der Waals surface area contributed by atoms with E-state index in [1.165, 1.54) is 30.5 Å². The first-order chi connectivity index (χ1) is 16.0. The van der Waals surface area contributed by atoms with Crippen molar-refractivity contribution in [3.8, 4) is 17.3 Å². The highest BCUT2D eigenvalue weighted by molar-refractivity contribution is 5.86. The Morgan fingerprint density at radius 2 is 2.03 bits per heavy atom. The van der Waals surface area contributed by atoms with Gasteiger partial charge in [0.25, 0.3) is 0 Å². The second-order valence-corrected chi connectivity index (χ2v) is 9.36. The summed E-state index contributed by atoms with van der Waals surface area (Å²) in [6.07, 6.45) is 5.45. The molecule has 1 saturated heterocycles. The summed E-state index contributed by atoms with van der Waals surface area (Å²) in [5.41, 5.74) is 9.36. The maximum atomic E-state index is 14.1. The van der Waals surface area contributed by atoms with Gasteiger partial charge in [-0.2, -0.15) is 0 Å². The fourth-order valence-corrected chi connectivity index (χ4v) is 4.60. The molecule has 4 aromatic rings. The highest BCUT2D eigenvalue weighted by atomic mass is 19.1. The van der Waals surface area contributed by atoms with Gasteiger partial charge in [0.15, 0.2) is 11.5 Å². The van der Waals surface area contributed by atoms with Gasteiger partial charge in [0.05, 0.1) is 6.61 Å². The normalized spacial score (nSPS) is 20.0. The molecule has 2 fully saturated rings. The number of halogens is 1. The highest BCUT2D eigenvalue weighted by Gasteiger charge is 2.25. The number of rotatable bonds is 6. The van der Waals surface area contributed by atoms with Crippen LogP contribution in [0, 0.1) is 11.7 Å². The maximum absolute atomic E-state index is 14.1. The maximum Gasteiger partial charge on any atom is 0.187 e. The monoisotopic (exact) mass is 446 g/mol. The van der Waals surface area contributed by atoms with E-state index in [1.54, 1.807) is 0 Å². The zero-order chi connectivity index (χ0) is 22.5. The molecule has 4 heterocycles. The largest absolute Gasteiger partial charge is 0.491 e. The van der Waals surface area contributed by atoms with Crippen molar-refractivity contribution in [2.75, 3.05) is 19.7 Å². The average molecular weight is 447 g/mol. The zero-order valence-corrected chi connectivity index (χ0v) is 18.6. The van der Waals surface area contributed by atoms with E-state index in [2.05, 4.69) is 34.3 Å². The van der Waals surface area contributed by atoms with E-state index in [0.717, 1.165) is 25.2 Å². The van der Waals surface area contributed by atoms with Crippen molar-refractivity contribution in [3.05, 3.63) is 54.0 Å². The minimum absolute atomic E-state index is 0.240. The molecule has 8 heteroatoms. The fourth-order valence-electron chi connectivity index (χ4n) is 4.60. The lowest BCUT2D eigenvalue weighted by atomic mass is 10.1. The van der Waals surface area contributed by atoms with Crippen LogP contribution in [0.3, 0.4) is 0 Å². The molecule has 2 aliphatic rings. The number of nitrogens with two attached hydrogens (primary N) is 1. The first kappa shape index (κ1) is 20.5. The first-order valence-corrected chi connectivity index (χ1v) is 11.6. The van der Waals surface area contributed by atoms with Gasteiger partial charge in [-0.15, -0.1) is 10.2 Å². The molecule has 2 atom stereocenters. The van der Waals surface area contributed by atoms with Gasteiger partial charge < -0.3 is 10.5 Å². The van der Waals surface area contributed by atoms with E-state index < -0.39 is 0 Å². The van der Waals surface area contributed by atoms with Crippen LogP contribution in [0.5, 0.6) is 5.75 Å². The number of pyridine rings is 2. The fraction of sp³-hybridized carbons (Fsp3) is 0.400. The Morgan fingerprint density at radius 1 is 1.15 bits per heavy atom. The topological polar surface area (TPSA) is 81.6 Å². The van der Waals surface area contributed by atoms with E-state index in [4.69, 9.17) is 15.5 Å². The molecule has 0 spiro atoms. The number of hydrogen-bond donors (Lipinski definition) is 1. The molecule has 170 valence electrons. The van der Waals surface area contributed by atoms with Crippen LogP contribution in [-0.2, 0) is 0 Å². The molecule has 0 unspecified atom stereocenters. The number of hydrogen-bond acceptors (Lipinski definition) is 6. The van der Waals surface area contributed by atoms with E-state index in [1.807, 2.05) is 22.6 Å². The Balaban J connectivity index is 1.38. The number of nitrogens with zero attached hydrogens (tertiary/aromatic N) is 5. The lowest BCUT2D eigenvalue weighted by molar-refractivity contribution is 0.259. The lowest BCUT2D eigenvalue weighted by Gasteiger charge is -2.24. The SMILES string of the molecule is C[C@@H](c1ccc2nnc(-c3ccc4cc(F)cc(OCC5CC5)c4n3)n2c1)N1CC[C@H](N)C1. The van der Waals surface area contributed by atoms with Gasteiger partial charge in [0.2, 0.25) is 0 Å². The van der Waals surface area contributed by atoms with Crippen LogP contribution in [0.2, 0.25) is 0 Å². The van der Waals surface area contributed by atoms with E-state index in [-0.39, 0.29) is 17.9 Å². The minimum atomic E-state index is -0.323. The Labute approximate surface area is 191 Å². The van der Waals surface area contributed by atoms with Crippen LogP contribution in [0.25, 0.3) is 28.1 Å². The van der Waals surface area contributed by atoms with Crippen molar-refractivity contribution < 1.29 is 9.13 Å². The Morgan fingerprint density at radius 3 is 2.82 bits per heavy atom. The predicted molar refractivity (Wildman–Crippen MR) is 124 cm³/mol. The summed E-state index contributed by atoms with van der Waals surface area (Å²) >= 11 is 0. The molecular weight excluding hydrogens is 419 g/mol. The quantitative estimate of drug-likeness (QED) is 0.483. The summed E-state index contributed by atoms with van der Waals surface area (Å²) in [7, 11) is 0. The van der Waals surface area contributed by atoms with Crippen molar-refractivity contribution >= 4 is 16.6 Å². The molecule has 1 aromatic carbocycles. The Bertz CT molecular complexity index is 1330. The summed E-state index contributed by atoms with van der Waals surface area (Å²) in [4.78, 5) is 7.23. The third kappa shape index (κ3) is 3.94. The summed E-state index contributed by atoms with van der Waals surface area (Å²) in [5, 5.41) is 9.46. The van der Waals surface area contributed by atoms with Gasteiger partial charge in [-0.1, -0.05) is 12.1 Å². The zero-order valence-electron chi connectivity index (χ0n) is 18.6. The number of aromatic nitrogens is 4. The summed E-state index contributed by atoms with van der Waals surface area (Å²) in [6.45, 7) is 4.71. The van der Waals surface area contributed by atoms with E-state index in [9.17, 15) is 4.39 Å². The van der Waals surface area contributed by atoms with Gasteiger partial charge in [-0.3, -0.25) is 9.30 Å². The standard InChI is InChI=1S/C25H27FN6O/c1-15(31-9-8-20(27)13-31)18-5-7-23-29-30-25(32(23)12-18)21-6-4-17-10-19(26)11-22(24(17)28-21)33-14-16-2-3-16/h4-7,10-12,15-16,20H,2-3,8-9,13-14,27H2,1H3/t15-,20-/m0/s1. The summed E-state index contributed by atoms with van der Waals surface area (Å²) in [6, 6.07) is 11.2. The van der Waals surface area contributed by atoms with Crippen molar-refractivity contribution in [2.24, 2.45) is 11.7 Å². The molecule has 33 heavy (non-hydrogen) atoms. The van der Waals surface area contributed by atoms with Gasteiger partial charge in [-0.25, -0.2) is 9.37 Å². The van der Waals surface area contributed by atoms with Crippen LogP contribution >= 0.6 is 0 Å². The van der Waals surface area contributed by atoms with Crippen LogP contribution < -0.4 is 10.5 Å². The minimum Gasteiger partial charge on any atom is -0.491 e. The predicted octanol–water partition coefficient (Wildman–Crippen LogP) is 3.97. The third-order valence-corrected chi connectivity index (χ3v) is 6.83. The molecule has 2 N–H and O–H groups in total. The van der Waals surface area contributed by atoms with Crippen LogP contribution in [-0.4, -0.2) is 50.2 Å². The molecule has 7 nitrogen and oxygen atoms in total. The van der Waals surface area contributed by atoms with Crippen molar-refractivity contribution in [2.45, 2.75) is 38.3 Å². The van der Waals surface area contributed by atoms with Gasteiger partial charge in [-0.05, 0) is 55.9 Å². The van der Waals surface area contributed by atoms with Crippen molar-refractivity contribution in [3.63, 3.8) is 0 Å². The van der Waals surface area contributed by atoms with E-state index in [0.29, 0.717) is 40.7 Å². The first-order valence-electron chi connectivity index (χ1n) is 11.6. The molecular formula is C25H27FN6O. The summed E-state index contributed by atoms with van der Waals surface area (Å²) < 4.78 is 22.1. The van der Waals surface area contributed by atoms with E-state index >= 15 is 0 Å². The molecule has 0 amide bonds. The molecule has 0 bridgehead atoms. The third-order valence-electron chi connectivity index (χ3n) is 6.83. The number of likely N-dealkylation sites (tertiary alicyclic amines) is 1. The van der Waals surface area contributed by atoms with Crippen molar-refractivity contribution in [1.82, 2.24) is 24.5 Å². The smallest absolute Gasteiger partial charge is 0.187 e. The Hall–Kier alpha value is -3.10. The average Bonchev–Trinajstić information content (AvgIpc) is 3.39. The Kier molecular flexibility index (Phi) is 4.99. The second-order valence-electron chi connectivity index (χ2n) is 9.36. The molecule has 0 radical (unpaired) electrons. The molecule has 1 aliphatic heterocycles. The lowest BCUT2D eigenvalue weighted by Crippen LogP contribution is -2.28.